The van der Waals surface area contributed by atoms with E-state index in [1.807, 2.05) is 37.3 Å². The largest absolute Gasteiger partial charge is 0.497 e. The molecule has 0 amide bonds. The van der Waals surface area contributed by atoms with Crippen molar-refractivity contribution in [3.63, 3.8) is 0 Å². The van der Waals surface area contributed by atoms with Gasteiger partial charge in [0.2, 0.25) is 0 Å². The third-order valence-electron chi connectivity index (χ3n) is 7.15. The Morgan fingerprint density at radius 2 is 1.80 bits per heavy atom. The summed E-state index contributed by atoms with van der Waals surface area (Å²) in [5, 5.41) is 1.34. The van der Waals surface area contributed by atoms with E-state index >= 15 is 0 Å². The monoisotopic (exact) mass is 582 g/mol. The van der Waals surface area contributed by atoms with E-state index in [2.05, 4.69) is 17.0 Å². The van der Waals surface area contributed by atoms with E-state index in [1.54, 1.807) is 42.0 Å². The van der Waals surface area contributed by atoms with Crippen LogP contribution in [0.5, 0.6) is 5.75 Å². The molecule has 0 radical (unpaired) electrons. The minimum absolute atomic E-state index is 0. The number of hydrogen-bond donors (Lipinski definition) is 0. The number of fused-ring (bicyclic) bond motifs is 1. The van der Waals surface area contributed by atoms with Crippen molar-refractivity contribution in [2.24, 2.45) is 0 Å². The normalized spacial score (nSPS) is 15.4. The van der Waals surface area contributed by atoms with Crippen LogP contribution in [0.15, 0.2) is 72.8 Å². The molecule has 0 bridgehead atoms. The molecule has 1 unspecified atom stereocenters. The van der Waals surface area contributed by atoms with Gasteiger partial charge in [-0.15, -0.1) is 12.4 Å². The van der Waals surface area contributed by atoms with Crippen molar-refractivity contribution in [1.82, 2.24) is 9.47 Å². The van der Waals surface area contributed by atoms with Gasteiger partial charge in [0.1, 0.15) is 12.4 Å². The maximum Gasteiger partial charge on any atom is 0.310 e. The summed E-state index contributed by atoms with van der Waals surface area (Å²) in [6, 6.07) is 22.4. The molecule has 5 rings (SSSR count). The van der Waals surface area contributed by atoms with Gasteiger partial charge in [0.15, 0.2) is 0 Å². The summed E-state index contributed by atoms with van der Waals surface area (Å²) in [7, 11) is 1.59. The number of ether oxygens (including phenoxy) is 3. The van der Waals surface area contributed by atoms with Gasteiger partial charge in [0.25, 0.3) is 5.91 Å². The molecule has 1 aliphatic heterocycles. The Bertz CT molecular complexity index is 1470. The molecule has 210 valence electrons. The highest BCUT2D eigenvalue weighted by atomic mass is 35.5. The Kier molecular flexibility index (Phi) is 9.87. The maximum atomic E-state index is 13.5. The number of nitrogens with zero attached hydrogens (tertiary/aromatic N) is 2. The molecule has 1 saturated heterocycles. The minimum atomic E-state index is -0.341. The molecule has 3 aromatic carbocycles. The van der Waals surface area contributed by atoms with Gasteiger partial charge < -0.3 is 14.2 Å². The quantitative estimate of drug-likeness (QED) is 0.242. The van der Waals surface area contributed by atoms with Crippen molar-refractivity contribution in [3.8, 4) is 5.75 Å². The topological polar surface area (TPSA) is 70.0 Å². The number of morpholine rings is 1. The lowest BCUT2D eigenvalue weighted by Crippen LogP contribution is -2.40. The first kappa shape index (κ1) is 29.6. The maximum absolute atomic E-state index is 13.5. The van der Waals surface area contributed by atoms with Crippen molar-refractivity contribution < 1.29 is 23.8 Å². The fraction of sp³-hybridized carbons (Fsp3) is 0.290. The summed E-state index contributed by atoms with van der Waals surface area (Å²) in [5.74, 6) is 0.111. The van der Waals surface area contributed by atoms with Gasteiger partial charge >= 0.3 is 5.97 Å². The SMILES string of the molecule is COc1ccc2c(c1)c(CC(=O)OCCN1CCOC(c3ccccc3)C1)c(C)n2C(=O)c1ccc(Cl)cc1.Cl. The van der Waals surface area contributed by atoms with Crippen LogP contribution in [0.3, 0.4) is 0 Å². The summed E-state index contributed by atoms with van der Waals surface area (Å²) < 4.78 is 18.7. The van der Waals surface area contributed by atoms with Crippen molar-refractivity contribution in [2.75, 3.05) is 40.0 Å². The second-order valence-electron chi connectivity index (χ2n) is 9.56. The van der Waals surface area contributed by atoms with Gasteiger partial charge in [0, 0.05) is 41.3 Å². The molecule has 9 heteroatoms. The first-order valence-corrected chi connectivity index (χ1v) is 13.3. The second kappa shape index (κ2) is 13.3. The van der Waals surface area contributed by atoms with Crippen LogP contribution in [-0.4, -0.2) is 61.3 Å². The Balaban J connectivity index is 0.00000370. The lowest BCUT2D eigenvalue weighted by Gasteiger charge is -2.32. The van der Waals surface area contributed by atoms with Crippen molar-refractivity contribution >= 4 is 46.8 Å². The van der Waals surface area contributed by atoms with E-state index in [1.165, 1.54) is 0 Å². The highest BCUT2D eigenvalue weighted by molar-refractivity contribution is 6.30. The molecule has 0 N–H and O–H groups in total. The van der Waals surface area contributed by atoms with Gasteiger partial charge in [-0.25, -0.2) is 0 Å². The van der Waals surface area contributed by atoms with Crippen LogP contribution in [0.1, 0.15) is 33.3 Å². The number of rotatable bonds is 8. The number of carbonyl (C=O) groups is 2. The van der Waals surface area contributed by atoms with E-state index in [4.69, 9.17) is 25.8 Å². The number of benzene rings is 3. The van der Waals surface area contributed by atoms with Crippen LogP contribution < -0.4 is 4.74 Å². The lowest BCUT2D eigenvalue weighted by molar-refractivity contribution is -0.143. The predicted molar refractivity (Wildman–Crippen MR) is 158 cm³/mol. The number of halogens is 2. The summed E-state index contributed by atoms with van der Waals surface area (Å²) in [6.07, 6.45) is 0.0594. The second-order valence-corrected chi connectivity index (χ2v) is 10.00. The number of hydrogen-bond acceptors (Lipinski definition) is 6. The summed E-state index contributed by atoms with van der Waals surface area (Å²) in [6.45, 7) is 4.93. The van der Waals surface area contributed by atoms with E-state index in [-0.39, 0.29) is 43.4 Å². The average molecular weight is 584 g/mol. The highest BCUT2D eigenvalue weighted by Crippen LogP contribution is 2.31. The standard InChI is InChI=1S/C31H31ClN2O5.ClH/c1-21-26(19-30(35)39-17-15-33-14-16-38-29(20-33)22-6-4-3-5-7-22)27-18-25(37-2)12-13-28(27)34(21)31(36)23-8-10-24(32)11-9-23;/h3-13,18,29H,14-17,19-20H2,1-2H3;1H. The van der Waals surface area contributed by atoms with Crippen LogP contribution in [0.2, 0.25) is 5.02 Å². The molecule has 1 atom stereocenters. The molecule has 1 fully saturated rings. The molecule has 2 heterocycles. The zero-order valence-electron chi connectivity index (χ0n) is 22.5. The van der Waals surface area contributed by atoms with Crippen LogP contribution in [0.4, 0.5) is 0 Å². The molecule has 0 saturated carbocycles. The van der Waals surface area contributed by atoms with Crippen LogP contribution in [-0.2, 0) is 20.7 Å². The zero-order valence-corrected chi connectivity index (χ0v) is 24.0. The smallest absolute Gasteiger partial charge is 0.310 e. The van der Waals surface area contributed by atoms with Crippen LogP contribution >= 0.6 is 24.0 Å². The molecular formula is C31H32Cl2N2O5. The molecule has 40 heavy (non-hydrogen) atoms. The number of carbonyl (C=O) groups excluding carboxylic acids is 2. The summed E-state index contributed by atoms with van der Waals surface area (Å²) in [4.78, 5) is 28.7. The number of methoxy groups -OCH3 is 1. The molecule has 1 aromatic heterocycles. The number of aromatic nitrogens is 1. The first-order valence-electron chi connectivity index (χ1n) is 13.0. The predicted octanol–water partition coefficient (Wildman–Crippen LogP) is 5.88. The fourth-order valence-corrected chi connectivity index (χ4v) is 5.18. The third-order valence-corrected chi connectivity index (χ3v) is 7.40. The highest BCUT2D eigenvalue weighted by Gasteiger charge is 2.24. The van der Waals surface area contributed by atoms with Crippen molar-refractivity contribution in [1.29, 1.82) is 0 Å². The summed E-state index contributed by atoms with van der Waals surface area (Å²) in [5.41, 5.74) is 3.79. The van der Waals surface area contributed by atoms with Gasteiger partial charge in [-0.3, -0.25) is 19.1 Å². The van der Waals surface area contributed by atoms with E-state index < -0.39 is 0 Å². The molecule has 0 spiro atoms. The Morgan fingerprint density at radius 1 is 1.05 bits per heavy atom. The van der Waals surface area contributed by atoms with Crippen LogP contribution in [0, 0.1) is 6.92 Å². The van der Waals surface area contributed by atoms with Gasteiger partial charge in [-0.1, -0.05) is 41.9 Å². The molecular weight excluding hydrogens is 551 g/mol. The van der Waals surface area contributed by atoms with Gasteiger partial charge in [-0.05, 0) is 60.5 Å². The van der Waals surface area contributed by atoms with Gasteiger partial charge in [0.05, 0.1) is 31.8 Å². The molecule has 0 aliphatic carbocycles. The Labute approximate surface area is 245 Å². The Morgan fingerprint density at radius 3 is 2.52 bits per heavy atom. The zero-order chi connectivity index (χ0) is 27.4. The van der Waals surface area contributed by atoms with E-state index in [0.717, 1.165) is 29.6 Å². The van der Waals surface area contributed by atoms with Crippen molar-refractivity contribution in [3.05, 3.63) is 100 Å². The van der Waals surface area contributed by atoms with E-state index in [9.17, 15) is 9.59 Å². The number of esters is 1. The van der Waals surface area contributed by atoms with Crippen LogP contribution in [0.25, 0.3) is 10.9 Å². The first-order chi connectivity index (χ1) is 18.9. The fourth-order valence-electron chi connectivity index (χ4n) is 5.05. The molecule has 1 aliphatic rings. The Hall–Kier alpha value is -3.36. The molecule has 7 nitrogen and oxygen atoms in total. The minimum Gasteiger partial charge on any atom is -0.497 e. The van der Waals surface area contributed by atoms with Crippen molar-refractivity contribution in [2.45, 2.75) is 19.4 Å². The van der Waals surface area contributed by atoms with E-state index in [0.29, 0.717) is 40.7 Å². The molecule has 4 aromatic rings. The lowest BCUT2D eigenvalue weighted by atomic mass is 10.1. The third kappa shape index (κ3) is 6.50. The average Bonchev–Trinajstić information content (AvgIpc) is 3.23. The summed E-state index contributed by atoms with van der Waals surface area (Å²) >= 11 is 6.02. The van der Waals surface area contributed by atoms with Gasteiger partial charge in [-0.2, -0.15) is 0 Å².